The maximum atomic E-state index is 12.5. The van der Waals surface area contributed by atoms with Crippen LogP contribution in [0.15, 0.2) is 36.5 Å². The fraction of sp³-hybridized carbons (Fsp3) is 0.400. The Labute approximate surface area is 135 Å². The van der Waals surface area contributed by atoms with Crippen molar-refractivity contribution in [3.8, 4) is 5.69 Å². The number of piperazine rings is 1. The second kappa shape index (κ2) is 6.89. The van der Waals surface area contributed by atoms with Gasteiger partial charge in [-0.1, -0.05) is 18.2 Å². The van der Waals surface area contributed by atoms with Crippen molar-refractivity contribution < 1.29 is 4.79 Å². The summed E-state index contributed by atoms with van der Waals surface area (Å²) in [5.41, 5.74) is 1.23. The fourth-order valence-electron chi connectivity index (χ4n) is 2.70. The van der Waals surface area contributed by atoms with Gasteiger partial charge in [-0.05, 0) is 26.0 Å². The lowest BCUT2D eigenvalue weighted by molar-refractivity contribution is 0.0667. The van der Waals surface area contributed by atoms with Crippen molar-refractivity contribution in [2.24, 2.45) is 0 Å². The molecule has 22 heavy (non-hydrogen) atoms. The second-order valence-electron chi connectivity index (χ2n) is 5.53. The lowest BCUT2D eigenvalue weighted by Crippen LogP contribution is -2.55. The van der Waals surface area contributed by atoms with Gasteiger partial charge < -0.3 is 10.2 Å². The molecule has 7 heteroatoms. The van der Waals surface area contributed by atoms with Gasteiger partial charge in [-0.2, -0.15) is 9.90 Å². The minimum absolute atomic E-state index is 0. The van der Waals surface area contributed by atoms with Crippen LogP contribution in [-0.2, 0) is 0 Å². The molecule has 0 aliphatic carbocycles. The molecule has 1 aromatic heterocycles. The van der Waals surface area contributed by atoms with Gasteiger partial charge in [0.2, 0.25) is 0 Å². The number of halogens is 1. The lowest BCUT2D eigenvalue weighted by atomic mass is 10.1. The van der Waals surface area contributed by atoms with Gasteiger partial charge >= 0.3 is 0 Å². The average molecular weight is 322 g/mol. The van der Waals surface area contributed by atoms with Crippen LogP contribution < -0.4 is 5.32 Å². The number of benzene rings is 1. The number of rotatable bonds is 2. The minimum atomic E-state index is -0.0580. The number of para-hydroxylation sites is 1. The van der Waals surface area contributed by atoms with Crippen LogP contribution in [-0.4, -0.2) is 51.0 Å². The summed E-state index contributed by atoms with van der Waals surface area (Å²) in [7, 11) is 0. The predicted molar refractivity (Wildman–Crippen MR) is 86.6 cm³/mol. The molecule has 1 fully saturated rings. The monoisotopic (exact) mass is 321 g/mol. The van der Waals surface area contributed by atoms with Crippen molar-refractivity contribution in [3.63, 3.8) is 0 Å². The zero-order valence-electron chi connectivity index (χ0n) is 12.6. The van der Waals surface area contributed by atoms with E-state index in [1.165, 1.54) is 11.0 Å². The lowest BCUT2D eigenvalue weighted by Gasteiger charge is -2.35. The van der Waals surface area contributed by atoms with Crippen LogP contribution in [0.5, 0.6) is 0 Å². The first-order chi connectivity index (χ1) is 10.1. The molecule has 1 amide bonds. The van der Waals surface area contributed by atoms with Crippen LogP contribution >= 0.6 is 12.4 Å². The number of carbonyl (C=O) groups is 1. The molecule has 118 valence electrons. The summed E-state index contributed by atoms with van der Waals surface area (Å²) in [6.45, 7) is 5.55. The van der Waals surface area contributed by atoms with E-state index in [4.69, 9.17) is 0 Å². The van der Waals surface area contributed by atoms with Crippen LogP contribution in [0.25, 0.3) is 5.69 Å². The van der Waals surface area contributed by atoms with Crippen LogP contribution in [0, 0.1) is 0 Å². The quantitative estimate of drug-likeness (QED) is 0.910. The Hall–Kier alpha value is -1.92. The first-order valence-electron chi connectivity index (χ1n) is 7.16. The number of amides is 1. The van der Waals surface area contributed by atoms with Gasteiger partial charge in [-0.15, -0.1) is 17.5 Å². The zero-order chi connectivity index (χ0) is 14.8. The highest BCUT2D eigenvalue weighted by molar-refractivity contribution is 5.92. The van der Waals surface area contributed by atoms with Crippen LogP contribution in [0.4, 0.5) is 0 Å². The van der Waals surface area contributed by atoms with E-state index in [9.17, 15) is 4.79 Å². The molecule has 3 rings (SSSR count). The van der Waals surface area contributed by atoms with Gasteiger partial charge in [0.05, 0.1) is 11.9 Å². The van der Waals surface area contributed by atoms with E-state index in [1.807, 2.05) is 35.2 Å². The maximum absolute atomic E-state index is 12.5. The number of nitrogens with one attached hydrogen (secondary N) is 1. The largest absolute Gasteiger partial charge is 0.334 e. The highest BCUT2D eigenvalue weighted by Crippen LogP contribution is 2.10. The summed E-state index contributed by atoms with van der Waals surface area (Å²) in [5, 5.41) is 11.9. The summed E-state index contributed by atoms with van der Waals surface area (Å²) in [6, 6.07) is 10.2. The van der Waals surface area contributed by atoms with Crippen molar-refractivity contribution in [2.45, 2.75) is 25.9 Å². The van der Waals surface area contributed by atoms with E-state index in [2.05, 4.69) is 29.4 Å². The topological polar surface area (TPSA) is 63.1 Å². The number of hydrogen-bond donors (Lipinski definition) is 1. The molecule has 1 saturated heterocycles. The number of aromatic nitrogens is 3. The van der Waals surface area contributed by atoms with Crippen molar-refractivity contribution in [1.29, 1.82) is 0 Å². The molecule has 2 atom stereocenters. The summed E-state index contributed by atoms with van der Waals surface area (Å²) >= 11 is 0. The van der Waals surface area contributed by atoms with Gasteiger partial charge in [0, 0.05) is 25.2 Å². The third kappa shape index (κ3) is 3.45. The SMILES string of the molecule is CC1CN(C(=O)c2cnn(-c3ccccc3)n2)CC(C)N1.Cl. The summed E-state index contributed by atoms with van der Waals surface area (Å²) in [6.07, 6.45) is 1.53. The summed E-state index contributed by atoms with van der Waals surface area (Å²) in [5.74, 6) is -0.0580. The predicted octanol–water partition coefficient (Wildman–Crippen LogP) is 1.51. The molecule has 0 spiro atoms. The van der Waals surface area contributed by atoms with E-state index in [1.54, 1.807) is 0 Å². The molecule has 0 bridgehead atoms. The van der Waals surface area contributed by atoms with Crippen molar-refractivity contribution in [3.05, 3.63) is 42.2 Å². The average Bonchev–Trinajstić information content (AvgIpc) is 2.96. The Balaban J connectivity index is 0.00000176. The highest BCUT2D eigenvalue weighted by Gasteiger charge is 2.27. The molecule has 6 nitrogen and oxygen atoms in total. The number of nitrogens with zero attached hydrogens (tertiary/aromatic N) is 4. The molecule has 1 aliphatic heterocycles. The molecule has 2 heterocycles. The van der Waals surface area contributed by atoms with Crippen LogP contribution in [0.1, 0.15) is 24.3 Å². The first-order valence-corrected chi connectivity index (χ1v) is 7.16. The van der Waals surface area contributed by atoms with E-state index in [-0.39, 0.29) is 18.3 Å². The molecule has 1 N–H and O–H groups in total. The smallest absolute Gasteiger partial charge is 0.276 e. The third-order valence-electron chi connectivity index (χ3n) is 3.54. The Kier molecular flexibility index (Phi) is 5.15. The first kappa shape index (κ1) is 16.5. The molecule has 2 aromatic rings. The maximum Gasteiger partial charge on any atom is 0.276 e. The van der Waals surface area contributed by atoms with Crippen molar-refractivity contribution >= 4 is 18.3 Å². The molecule has 1 aliphatic rings. The Morgan fingerprint density at radius 2 is 1.82 bits per heavy atom. The summed E-state index contributed by atoms with van der Waals surface area (Å²) in [4.78, 5) is 15.8. The normalized spacial score (nSPS) is 21.3. The van der Waals surface area contributed by atoms with E-state index in [0.717, 1.165) is 5.69 Å². The van der Waals surface area contributed by atoms with Gasteiger partial charge in [0.1, 0.15) is 0 Å². The second-order valence-corrected chi connectivity index (χ2v) is 5.53. The molecule has 0 saturated carbocycles. The highest BCUT2D eigenvalue weighted by atomic mass is 35.5. The standard InChI is InChI=1S/C15H19N5O.ClH/c1-11-9-19(10-12(2)17-11)15(21)14-8-16-20(18-14)13-6-4-3-5-7-13;/h3-8,11-12,17H,9-10H2,1-2H3;1H. The molecular formula is C15H20ClN5O. The van der Waals surface area contributed by atoms with Gasteiger partial charge in [-0.25, -0.2) is 0 Å². The Bertz CT molecular complexity index is 620. The number of carbonyl (C=O) groups excluding carboxylic acids is 1. The van der Waals surface area contributed by atoms with Gasteiger partial charge in [0.15, 0.2) is 5.69 Å². The molecular weight excluding hydrogens is 302 g/mol. The Morgan fingerprint density at radius 1 is 1.18 bits per heavy atom. The van der Waals surface area contributed by atoms with Crippen molar-refractivity contribution in [2.75, 3.05) is 13.1 Å². The van der Waals surface area contributed by atoms with Gasteiger partial charge in [0.25, 0.3) is 5.91 Å². The van der Waals surface area contributed by atoms with E-state index >= 15 is 0 Å². The van der Waals surface area contributed by atoms with Crippen molar-refractivity contribution in [1.82, 2.24) is 25.2 Å². The zero-order valence-corrected chi connectivity index (χ0v) is 13.5. The van der Waals surface area contributed by atoms with E-state index in [0.29, 0.717) is 30.9 Å². The summed E-state index contributed by atoms with van der Waals surface area (Å²) < 4.78 is 0. The Morgan fingerprint density at radius 3 is 2.45 bits per heavy atom. The number of hydrogen-bond acceptors (Lipinski definition) is 4. The minimum Gasteiger partial charge on any atom is -0.334 e. The molecule has 0 radical (unpaired) electrons. The third-order valence-corrected chi connectivity index (χ3v) is 3.54. The van der Waals surface area contributed by atoms with Gasteiger partial charge in [-0.3, -0.25) is 4.79 Å². The van der Waals surface area contributed by atoms with Crippen LogP contribution in [0.3, 0.4) is 0 Å². The van der Waals surface area contributed by atoms with Crippen LogP contribution in [0.2, 0.25) is 0 Å². The fourth-order valence-corrected chi connectivity index (χ4v) is 2.70. The van der Waals surface area contributed by atoms with E-state index < -0.39 is 0 Å². The molecule has 1 aromatic carbocycles. The molecule has 2 unspecified atom stereocenters.